The first-order chi connectivity index (χ1) is 8.70. The quantitative estimate of drug-likeness (QED) is 0.856. The molecule has 0 atom stereocenters. The number of fused-ring (bicyclic) bond motifs is 1. The Hall–Kier alpha value is -1.36. The molecule has 0 bridgehead atoms. The predicted octanol–water partition coefficient (Wildman–Crippen LogP) is 2.81. The smallest absolute Gasteiger partial charge is 0.407 e. The fraction of sp³-hybridized carbons (Fsp3) is 0.462. The molecule has 0 saturated carbocycles. The number of ether oxygens (including phenoxy) is 1. The zero-order valence-electron chi connectivity index (χ0n) is 10.4. The van der Waals surface area contributed by atoms with E-state index >= 15 is 0 Å². The fourth-order valence-corrected chi connectivity index (χ4v) is 2.37. The molecular weight excluding hydrogens is 250 g/mol. The molecule has 0 unspecified atom stereocenters. The Labute approximate surface area is 111 Å². The van der Waals surface area contributed by atoms with Crippen molar-refractivity contribution in [3.8, 4) is 5.75 Å². The highest BCUT2D eigenvalue weighted by Crippen LogP contribution is 2.24. The molecule has 1 heterocycles. The summed E-state index contributed by atoms with van der Waals surface area (Å²) in [7, 11) is 0. The average Bonchev–Trinajstić information content (AvgIpc) is 2.57. The summed E-state index contributed by atoms with van der Waals surface area (Å²) in [5.74, 6) is 1.43. The third-order valence-corrected chi connectivity index (χ3v) is 3.38. The molecule has 1 amide bonds. The number of rotatable bonds is 3. The number of aryl methyl sites for hydroxylation is 1. The highest BCUT2D eigenvalue weighted by molar-refractivity contribution is 7.98. The number of thioether (sulfide) groups is 1. The van der Waals surface area contributed by atoms with E-state index in [4.69, 9.17) is 9.84 Å². The van der Waals surface area contributed by atoms with Gasteiger partial charge in [-0.15, -0.1) is 11.8 Å². The van der Waals surface area contributed by atoms with Gasteiger partial charge in [0.15, 0.2) is 0 Å². The molecule has 0 saturated heterocycles. The largest absolute Gasteiger partial charge is 0.483 e. The first-order valence-electron chi connectivity index (χ1n) is 5.92. The zero-order valence-corrected chi connectivity index (χ0v) is 11.2. The molecule has 0 aromatic heterocycles. The van der Waals surface area contributed by atoms with Crippen molar-refractivity contribution in [2.24, 2.45) is 0 Å². The SMILES string of the molecule is CSCOc1ccc2c(c1)CN(C(=O)O)CCC2. The van der Waals surface area contributed by atoms with Crippen molar-refractivity contribution >= 4 is 17.9 Å². The summed E-state index contributed by atoms with van der Waals surface area (Å²) in [5, 5.41) is 9.09. The Balaban J connectivity index is 2.18. The van der Waals surface area contributed by atoms with E-state index < -0.39 is 6.09 Å². The van der Waals surface area contributed by atoms with Crippen LogP contribution in [-0.2, 0) is 13.0 Å². The summed E-state index contributed by atoms with van der Waals surface area (Å²) in [5.41, 5.74) is 2.30. The van der Waals surface area contributed by atoms with Crippen molar-refractivity contribution in [2.45, 2.75) is 19.4 Å². The Morgan fingerprint density at radius 3 is 3.06 bits per heavy atom. The maximum absolute atomic E-state index is 11.1. The number of nitrogens with zero attached hydrogens (tertiary/aromatic N) is 1. The van der Waals surface area contributed by atoms with E-state index in [1.165, 1.54) is 10.5 Å². The Bertz CT molecular complexity index is 436. The van der Waals surface area contributed by atoms with Crippen LogP contribution in [0.25, 0.3) is 0 Å². The lowest BCUT2D eigenvalue weighted by atomic mass is 10.0. The number of hydrogen-bond acceptors (Lipinski definition) is 3. The highest BCUT2D eigenvalue weighted by atomic mass is 32.2. The van der Waals surface area contributed by atoms with Gasteiger partial charge in [0.05, 0.1) is 0 Å². The Morgan fingerprint density at radius 2 is 2.33 bits per heavy atom. The summed E-state index contributed by atoms with van der Waals surface area (Å²) in [6.45, 7) is 1.06. The van der Waals surface area contributed by atoms with Crippen LogP contribution in [0, 0.1) is 0 Å². The molecule has 1 aromatic carbocycles. The van der Waals surface area contributed by atoms with E-state index in [9.17, 15) is 4.79 Å². The van der Waals surface area contributed by atoms with E-state index in [1.807, 2.05) is 18.4 Å². The van der Waals surface area contributed by atoms with Crippen LogP contribution in [-0.4, -0.2) is 34.8 Å². The van der Waals surface area contributed by atoms with Crippen LogP contribution in [0.2, 0.25) is 0 Å². The first-order valence-corrected chi connectivity index (χ1v) is 7.31. The average molecular weight is 267 g/mol. The minimum Gasteiger partial charge on any atom is -0.483 e. The molecule has 1 aromatic rings. The van der Waals surface area contributed by atoms with Crippen LogP contribution in [0.4, 0.5) is 4.79 Å². The van der Waals surface area contributed by atoms with Gasteiger partial charge in [-0.25, -0.2) is 4.79 Å². The normalized spacial score (nSPS) is 14.8. The molecule has 0 fully saturated rings. The van der Waals surface area contributed by atoms with Gasteiger partial charge in [-0.2, -0.15) is 0 Å². The molecule has 0 spiro atoms. The van der Waals surface area contributed by atoms with Crippen molar-refractivity contribution in [3.63, 3.8) is 0 Å². The monoisotopic (exact) mass is 267 g/mol. The minimum atomic E-state index is -0.849. The van der Waals surface area contributed by atoms with Gasteiger partial charge in [0, 0.05) is 13.1 Å². The summed E-state index contributed by atoms with van der Waals surface area (Å²) >= 11 is 1.62. The first kappa shape index (κ1) is 13.1. The molecule has 5 heteroatoms. The van der Waals surface area contributed by atoms with E-state index in [0.29, 0.717) is 19.0 Å². The molecular formula is C13H17NO3S. The molecule has 2 rings (SSSR count). The predicted molar refractivity (Wildman–Crippen MR) is 72.2 cm³/mol. The molecule has 1 aliphatic heterocycles. The highest BCUT2D eigenvalue weighted by Gasteiger charge is 2.18. The standard InChI is InChI=1S/C13H17NO3S/c1-18-9-17-12-5-4-10-3-2-6-14(13(15)16)8-11(10)7-12/h4-5,7H,2-3,6,8-9H2,1H3,(H,15,16). The zero-order chi connectivity index (χ0) is 13.0. The molecule has 18 heavy (non-hydrogen) atoms. The van der Waals surface area contributed by atoms with Gasteiger partial charge >= 0.3 is 6.09 Å². The molecule has 0 radical (unpaired) electrons. The van der Waals surface area contributed by atoms with Gasteiger partial charge < -0.3 is 14.7 Å². The van der Waals surface area contributed by atoms with Gasteiger partial charge in [-0.05, 0) is 42.4 Å². The summed E-state index contributed by atoms with van der Waals surface area (Å²) in [4.78, 5) is 12.5. The molecule has 0 aliphatic carbocycles. The van der Waals surface area contributed by atoms with Crippen LogP contribution < -0.4 is 4.74 Å². The molecule has 4 nitrogen and oxygen atoms in total. The molecule has 1 N–H and O–H groups in total. The lowest BCUT2D eigenvalue weighted by molar-refractivity contribution is 0.143. The third-order valence-electron chi connectivity index (χ3n) is 3.03. The third kappa shape index (κ3) is 3.10. The number of carboxylic acid groups (broad SMARTS) is 1. The van der Waals surface area contributed by atoms with Crippen molar-refractivity contribution in [2.75, 3.05) is 18.7 Å². The van der Waals surface area contributed by atoms with Gasteiger partial charge in [0.2, 0.25) is 0 Å². The fourth-order valence-electron chi connectivity index (χ4n) is 2.12. The van der Waals surface area contributed by atoms with E-state index in [2.05, 4.69) is 6.07 Å². The van der Waals surface area contributed by atoms with E-state index in [-0.39, 0.29) is 0 Å². The van der Waals surface area contributed by atoms with Crippen molar-refractivity contribution in [3.05, 3.63) is 29.3 Å². The van der Waals surface area contributed by atoms with Crippen molar-refractivity contribution in [1.29, 1.82) is 0 Å². The van der Waals surface area contributed by atoms with Gasteiger partial charge in [-0.1, -0.05) is 6.07 Å². The number of hydrogen-bond donors (Lipinski definition) is 1. The van der Waals surface area contributed by atoms with Gasteiger partial charge in [-0.3, -0.25) is 0 Å². The molecule has 1 aliphatic rings. The second-order valence-electron chi connectivity index (χ2n) is 4.29. The van der Waals surface area contributed by atoms with Crippen LogP contribution >= 0.6 is 11.8 Å². The Kier molecular flexibility index (Phi) is 4.36. The van der Waals surface area contributed by atoms with E-state index in [0.717, 1.165) is 24.2 Å². The van der Waals surface area contributed by atoms with Crippen molar-refractivity contribution in [1.82, 2.24) is 4.90 Å². The van der Waals surface area contributed by atoms with Crippen LogP contribution in [0.1, 0.15) is 17.5 Å². The van der Waals surface area contributed by atoms with Crippen LogP contribution in [0.15, 0.2) is 18.2 Å². The number of amides is 1. The summed E-state index contributed by atoms with van der Waals surface area (Å²) in [6, 6.07) is 5.98. The minimum absolute atomic E-state index is 0.459. The molecule has 98 valence electrons. The lowest BCUT2D eigenvalue weighted by Gasteiger charge is -2.17. The van der Waals surface area contributed by atoms with Crippen molar-refractivity contribution < 1.29 is 14.6 Å². The number of carbonyl (C=O) groups is 1. The topological polar surface area (TPSA) is 49.8 Å². The second-order valence-corrected chi connectivity index (χ2v) is 5.10. The van der Waals surface area contributed by atoms with Crippen LogP contribution in [0.3, 0.4) is 0 Å². The van der Waals surface area contributed by atoms with Gasteiger partial charge in [0.25, 0.3) is 0 Å². The number of benzene rings is 1. The Morgan fingerprint density at radius 1 is 1.50 bits per heavy atom. The second kappa shape index (κ2) is 6.00. The van der Waals surface area contributed by atoms with E-state index in [1.54, 1.807) is 11.8 Å². The lowest BCUT2D eigenvalue weighted by Crippen LogP contribution is -2.28. The summed E-state index contributed by atoms with van der Waals surface area (Å²) < 4.78 is 5.55. The maximum Gasteiger partial charge on any atom is 0.407 e. The van der Waals surface area contributed by atoms with Crippen LogP contribution in [0.5, 0.6) is 5.75 Å². The summed E-state index contributed by atoms with van der Waals surface area (Å²) in [6.07, 6.45) is 2.94. The maximum atomic E-state index is 11.1. The van der Waals surface area contributed by atoms with Gasteiger partial charge in [0.1, 0.15) is 11.7 Å².